The second-order valence-corrected chi connectivity index (χ2v) is 7.47. The first-order valence-electron chi connectivity index (χ1n) is 9.26. The lowest BCUT2D eigenvalue weighted by Gasteiger charge is -2.11. The summed E-state index contributed by atoms with van der Waals surface area (Å²) in [7, 11) is 0. The van der Waals surface area contributed by atoms with E-state index in [9.17, 15) is 4.79 Å². The maximum Gasteiger partial charge on any atom is 0.270 e. The Morgan fingerprint density at radius 1 is 0.862 bits per heavy atom. The molecule has 1 aromatic heterocycles. The SMILES string of the molecule is Cc1nnc(SCc2ccccc2)n1NC(=O)c1ccc(-c2ccccc2)cc1. The molecule has 4 rings (SSSR count). The van der Waals surface area contributed by atoms with Crippen molar-refractivity contribution >= 4 is 17.7 Å². The monoisotopic (exact) mass is 400 g/mol. The summed E-state index contributed by atoms with van der Waals surface area (Å²) in [6, 6.07) is 27.8. The predicted molar refractivity (Wildman–Crippen MR) is 116 cm³/mol. The number of carbonyl (C=O) groups is 1. The largest absolute Gasteiger partial charge is 0.270 e. The van der Waals surface area contributed by atoms with Gasteiger partial charge in [0.15, 0.2) is 0 Å². The molecular formula is C23H20N4OS. The Kier molecular flexibility index (Phi) is 5.72. The van der Waals surface area contributed by atoms with Crippen LogP contribution in [-0.2, 0) is 5.75 Å². The average molecular weight is 401 g/mol. The van der Waals surface area contributed by atoms with Crippen LogP contribution in [0, 0.1) is 6.92 Å². The number of hydrogen-bond acceptors (Lipinski definition) is 4. The third-order valence-corrected chi connectivity index (χ3v) is 5.47. The van der Waals surface area contributed by atoms with E-state index < -0.39 is 0 Å². The Balaban J connectivity index is 1.46. The third-order valence-electron chi connectivity index (χ3n) is 4.47. The van der Waals surface area contributed by atoms with Crippen molar-refractivity contribution in [3.63, 3.8) is 0 Å². The van der Waals surface area contributed by atoms with Crippen LogP contribution in [0.25, 0.3) is 11.1 Å². The Morgan fingerprint density at radius 2 is 1.48 bits per heavy atom. The van der Waals surface area contributed by atoms with Crippen molar-refractivity contribution in [1.29, 1.82) is 0 Å². The van der Waals surface area contributed by atoms with Gasteiger partial charge in [-0.05, 0) is 35.7 Å². The minimum absolute atomic E-state index is 0.200. The van der Waals surface area contributed by atoms with E-state index in [1.54, 1.807) is 4.68 Å². The molecule has 0 saturated heterocycles. The van der Waals surface area contributed by atoms with Crippen LogP contribution in [0.4, 0.5) is 0 Å². The van der Waals surface area contributed by atoms with Crippen molar-refractivity contribution in [1.82, 2.24) is 14.9 Å². The minimum Gasteiger partial charge on any atom is -0.267 e. The molecule has 0 bridgehead atoms. The van der Waals surface area contributed by atoms with Crippen molar-refractivity contribution in [2.75, 3.05) is 5.43 Å². The molecule has 0 atom stereocenters. The van der Waals surface area contributed by atoms with Gasteiger partial charge in [0.1, 0.15) is 5.82 Å². The van der Waals surface area contributed by atoms with Gasteiger partial charge in [0.2, 0.25) is 5.16 Å². The quantitative estimate of drug-likeness (QED) is 0.466. The molecule has 0 aliphatic heterocycles. The van der Waals surface area contributed by atoms with E-state index in [1.807, 2.05) is 79.7 Å². The van der Waals surface area contributed by atoms with Gasteiger partial charge in [-0.1, -0.05) is 84.6 Å². The fourth-order valence-electron chi connectivity index (χ4n) is 2.90. The van der Waals surface area contributed by atoms with E-state index in [0.717, 1.165) is 16.9 Å². The lowest BCUT2D eigenvalue weighted by atomic mass is 10.0. The van der Waals surface area contributed by atoms with E-state index >= 15 is 0 Å². The molecule has 4 aromatic rings. The van der Waals surface area contributed by atoms with Gasteiger partial charge < -0.3 is 0 Å². The van der Waals surface area contributed by atoms with E-state index in [-0.39, 0.29) is 5.91 Å². The van der Waals surface area contributed by atoms with Crippen molar-refractivity contribution in [2.24, 2.45) is 0 Å². The number of benzene rings is 3. The first-order chi connectivity index (χ1) is 14.2. The van der Waals surface area contributed by atoms with Crippen LogP contribution in [0.15, 0.2) is 90.1 Å². The van der Waals surface area contributed by atoms with Gasteiger partial charge in [-0.25, -0.2) is 4.68 Å². The highest BCUT2D eigenvalue weighted by atomic mass is 32.2. The predicted octanol–water partition coefficient (Wildman–Crippen LogP) is 4.93. The molecule has 1 amide bonds. The zero-order chi connectivity index (χ0) is 20.1. The second kappa shape index (κ2) is 8.75. The number of hydrogen-bond donors (Lipinski definition) is 1. The van der Waals surface area contributed by atoms with Gasteiger partial charge in [0.05, 0.1) is 0 Å². The van der Waals surface area contributed by atoms with Gasteiger partial charge in [0.25, 0.3) is 5.91 Å². The summed E-state index contributed by atoms with van der Waals surface area (Å²) in [4.78, 5) is 12.7. The summed E-state index contributed by atoms with van der Waals surface area (Å²) in [6.45, 7) is 1.82. The molecule has 144 valence electrons. The van der Waals surface area contributed by atoms with Crippen molar-refractivity contribution < 1.29 is 4.79 Å². The first-order valence-corrected chi connectivity index (χ1v) is 10.2. The first kappa shape index (κ1) is 19.0. The molecule has 0 aliphatic carbocycles. The zero-order valence-corrected chi connectivity index (χ0v) is 16.8. The maximum atomic E-state index is 12.7. The van der Waals surface area contributed by atoms with Gasteiger partial charge in [0, 0.05) is 11.3 Å². The summed E-state index contributed by atoms with van der Waals surface area (Å²) in [5, 5.41) is 8.95. The summed E-state index contributed by atoms with van der Waals surface area (Å²) in [6.07, 6.45) is 0. The van der Waals surface area contributed by atoms with Crippen LogP contribution < -0.4 is 5.43 Å². The Morgan fingerprint density at radius 3 is 2.17 bits per heavy atom. The number of aryl methyl sites for hydroxylation is 1. The number of thioether (sulfide) groups is 1. The molecular weight excluding hydrogens is 380 g/mol. The van der Waals surface area contributed by atoms with Crippen molar-refractivity contribution in [3.05, 3.63) is 102 Å². The average Bonchev–Trinajstić information content (AvgIpc) is 3.13. The fourth-order valence-corrected chi connectivity index (χ4v) is 3.79. The molecule has 5 nitrogen and oxygen atoms in total. The molecule has 6 heteroatoms. The summed E-state index contributed by atoms with van der Waals surface area (Å²) in [5.41, 5.74) is 6.86. The number of carbonyl (C=O) groups excluding carboxylic acids is 1. The third kappa shape index (κ3) is 4.55. The minimum atomic E-state index is -0.200. The Labute approximate surface area is 173 Å². The molecule has 3 aromatic carbocycles. The normalized spacial score (nSPS) is 10.7. The fraction of sp³-hybridized carbons (Fsp3) is 0.0870. The summed E-state index contributed by atoms with van der Waals surface area (Å²) >= 11 is 1.53. The van der Waals surface area contributed by atoms with E-state index in [4.69, 9.17) is 0 Å². The molecule has 0 radical (unpaired) electrons. The molecule has 0 saturated carbocycles. The molecule has 1 heterocycles. The van der Waals surface area contributed by atoms with Crippen LogP contribution in [0.5, 0.6) is 0 Å². The van der Waals surface area contributed by atoms with Gasteiger partial charge >= 0.3 is 0 Å². The molecule has 1 N–H and O–H groups in total. The lowest BCUT2D eigenvalue weighted by molar-refractivity contribution is 0.101. The van der Waals surface area contributed by atoms with Crippen LogP contribution in [0.2, 0.25) is 0 Å². The van der Waals surface area contributed by atoms with E-state index in [0.29, 0.717) is 16.5 Å². The van der Waals surface area contributed by atoms with Crippen LogP contribution in [0.1, 0.15) is 21.7 Å². The Bertz CT molecular complexity index is 1090. The maximum absolute atomic E-state index is 12.7. The highest BCUT2D eigenvalue weighted by Crippen LogP contribution is 2.22. The van der Waals surface area contributed by atoms with Gasteiger partial charge in [-0.3, -0.25) is 10.2 Å². The lowest BCUT2D eigenvalue weighted by Crippen LogP contribution is -2.24. The molecule has 0 aliphatic rings. The second-order valence-electron chi connectivity index (χ2n) is 6.52. The standard InChI is InChI=1S/C23H20N4OS/c1-17-24-25-23(29-16-18-8-4-2-5-9-18)27(17)26-22(28)21-14-12-20(13-15-21)19-10-6-3-7-11-19/h2-15H,16H2,1H3,(H,26,28). The molecule has 0 fully saturated rings. The zero-order valence-electron chi connectivity index (χ0n) is 15.9. The molecule has 0 unspecified atom stereocenters. The summed E-state index contributed by atoms with van der Waals surface area (Å²) < 4.78 is 1.64. The van der Waals surface area contributed by atoms with Crippen molar-refractivity contribution in [2.45, 2.75) is 17.8 Å². The van der Waals surface area contributed by atoms with E-state index in [1.165, 1.54) is 17.3 Å². The number of aromatic nitrogens is 3. The smallest absolute Gasteiger partial charge is 0.267 e. The number of rotatable bonds is 6. The van der Waals surface area contributed by atoms with Crippen molar-refractivity contribution in [3.8, 4) is 11.1 Å². The van der Waals surface area contributed by atoms with Crippen LogP contribution >= 0.6 is 11.8 Å². The number of nitrogens with zero attached hydrogens (tertiary/aromatic N) is 3. The van der Waals surface area contributed by atoms with Crippen LogP contribution in [-0.4, -0.2) is 20.8 Å². The molecule has 29 heavy (non-hydrogen) atoms. The van der Waals surface area contributed by atoms with E-state index in [2.05, 4.69) is 27.8 Å². The van der Waals surface area contributed by atoms with Gasteiger partial charge in [-0.15, -0.1) is 10.2 Å². The number of nitrogens with one attached hydrogen (secondary N) is 1. The molecule has 0 spiro atoms. The van der Waals surface area contributed by atoms with Gasteiger partial charge in [-0.2, -0.15) is 0 Å². The Hall–Kier alpha value is -3.38. The number of amides is 1. The highest BCUT2D eigenvalue weighted by molar-refractivity contribution is 7.98. The summed E-state index contributed by atoms with van der Waals surface area (Å²) in [5.74, 6) is 1.18. The highest BCUT2D eigenvalue weighted by Gasteiger charge is 2.14. The van der Waals surface area contributed by atoms with Crippen LogP contribution in [0.3, 0.4) is 0 Å². The topological polar surface area (TPSA) is 59.8 Å².